The normalized spacial score (nSPS) is 17.6. The van der Waals surface area contributed by atoms with Crippen LogP contribution < -0.4 is 10.6 Å². The van der Waals surface area contributed by atoms with E-state index in [9.17, 15) is 9.59 Å². The third kappa shape index (κ3) is 2.86. The number of methoxy groups -OCH3 is 1. The number of ether oxygens (including phenoxy) is 1. The number of hydrogen-bond acceptors (Lipinski definition) is 4. The van der Waals surface area contributed by atoms with E-state index in [1.54, 1.807) is 0 Å². The van der Waals surface area contributed by atoms with Crippen molar-refractivity contribution in [2.24, 2.45) is 5.41 Å². The molecule has 6 heteroatoms. The van der Waals surface area contributed by atoms with E-state index in [1.807, 2.05) is 30.3 Å². The largest absolute Gasteiger partial charge is 0.383 e. The average molecular weight is 292 g/mol. The lowest BCUT2D eigenvalue weighted by molar-refractivity contribution is -0.147. The van der Waals surface area contributed by atoms with Crippen LogP contribution in [0.2, 0.25) is 0 Å². The summed E-state index contributed by atoms with van der Waals surface area (Å²) in [6.07, 6.45) is 0.975. The highest BCUT2D eigenvalue weighted by Gasteiger charge is 2.49. The summed E-state index contributed by atoms with van der Waals surface area (Å²) in [6, 6.07) is 9.70. The van der Waals surface area contributed by atoms with Gasteiger partial charge in [-0.05, 0) is 30.6 Å². The van der Waals surface area contributed by atoms with Crippen LogP contribution in [-0.2, 0) is 20.7 Å². The molecule has 1 heterocycles. The molecule has 0 aromatic heterocycles. The summed E-state index contributed by atoms with van der Waals surface area (Å²) in [7, 11) is 1.47. The van der Waals surface area contributed by atoms with E-state index in [0.717, 1.165) is 5.56 Å². The summed E-state index contributed by atoms with van der Waals surface area (Å²) in [5.41, 5.74) is -0.163. The van der Waals surface area contributed by atoms with E-state index in [0.29, 0.717) is 12.8 Å². The second-order valence-electron chi connectivity index (χ2n) is 4.74. The first-order chi connectivity index (χ1) is 9.58. The first kappa shape index (κ1) is 14.6. The Kier molecular flexibility index (Phi) is 4.46. The van der Waals surface area contributed by atoms with E-state index in [1.165, 1.54) is 7.11 Å². The van der Waals surface area contributed by atoms with Crippen molar-refractivity contribution in [3.8, 4) is 0 Å². The maximum absolute atomic E-state index is 12.2. The van der Waals surface area contributed by atoms with Gasteiger partial charge in [-0.15, -0.1) is 0 Å². The lowest BCUT2D eigenvalue weighted by atomic mass is 9.80. The number of thiocarbonyl (C=S) groups is 1. The van der Waals surface area contributed by atoms with Crippen LogP contribution >= 0.6 is 12.2 Å². The number of aryl methyl sites for hydroxylation is 1. The van der Waals surface area contributed by atoms with Crippen molar-refractivity contribution in [1.82, 2.24) is 10.6 Å². The van der Waals surface area contributed by atoms with Gasteiger partial charge < -0.3 is 15.4 Å². The SMILES string of the molecule is COCC1(CCc2ccccc2)C(=O)NC(=S)NC1=O. The van der Waals surface area contributed by atoms with Crippen molar-refractivity contribution in [2.45, 2.75) is 12.8 Å². The molecule has 5 nitrogen and oxygen atoms in total. The van der Waals surface area contributed by atoms with Crippen molar-refractivity contribution < 1.29 is 14.3 Å². The van der Waals surface area contributed by atoms with Crippen molar-refractivity contribution in [3.05, 3.63) is 35.9 Å². The van der Waals surface area contributed by atoms with Gasteiger partial charge >= 0.3 is 0 Å². The van der Waals surface area contributed by atoms with E-state index < -0.39 is 17.2 Å². The molecule has 1 fully saturated rings. The molecule has 0 spiro atoms. The lowest BCUT2D eigenvalue weighted by Gasteiger charge is -2.34. The molecular weight excluding hydrogens is 276 g/mol. The molecule has 1 aromatic rings. The standard InChI is InChI=1S/C14H16N2O3S/c1-19-9-14(8-7-10-5-3-2-4-6-10)11(17)15-13(20)16-12(14)18/h2-6H,7-9H2,1H3,(H2,15,16,17,18,20). The molecule has 1 aliphatic heterocycles. The van der Waals surface area contributed by atoms with E-state index in [-0.39, 0.29) is 11.7 Å². The smallest absolute Gasteiger partial charge is 0.244 e. The highest BCUT2D eigenvalue weighted by atomic mass is 32.1. The number of carbonyl (C=O) groups is 2. The second kappa shape index (κ2) is 6.11. The molecule has 2 N–H and O–H groups in total. The van der Waals surface area contributed by atoms with Crippen LogP contribution in [0, 0.1) is 5.41 Å². The van der Waals surface area contributed by atoms with Crippen molar-refractivity contribution in [2.75, 3.05) is 13.7 Å². The second-order valence-corrected chi connectivity index (χ2v) is 5.15. The molecule has 106 valence electrons. The van der Waals surface area contributed by atoms with Crippen LogP contribution in [0.5, 0.6) is 0 Å². The Morgan fingerprint density at radius 1 is 1.15 bits per heavy atom. The molecule has 0 bridgehead atoms. The van der Waals surface area contributed by atoms with Crippen LogP contribution in [0.4, 0.5) is 0 Å². The summed E-state index contributed by atoms with van der Waals surface area (Å²) in [5.74, 6) is -0.798. The zero-order chi connectivity index (χ0) is 14.6. The summed E-state index contributed by atoms with van der Waals surface area (Å²) >= 11 is 4.82. The minimum absolute atomic E-state index is 0.0279. The van der Waals surface area contributed by atoms with Gasteiger partial charge in [-0.2, -0.15) is 0 Å². The fraction of sp³-hybridized carbons (Fsp3) is 0.357. The van der Waals surface area contributed by atoms with Gasteiger partial charge in [0.25, 0.3) is 0 Å². The summed E-state index contributed by atoms with van der Waals surface area (Å²) in [4.78, 5) is 24.4. The summed E-state index contributed by atoms with van der Waals surface area (Å²) in [6.45, 7) is 0.0279. The van der Waals surface area contributed by atoms with Crippen LogP contribution in [0.25, 0.3) is 0 Å². The number of hydrogen-bond donors (Lipinski definition) is 2. The Bertz CT molecular complexity index is 510. The summed E-state index contributed by atoms with van der Waals surface area (Å²) in [5, 5.41) is 5.05. The number of carbonyl (C=O) groups excluding carboxylic acids is 2. The molecular formula is C14H16N2O3S. The van der Waals surface area contributed by atoms with Crippen LogP contribution in [0.1, 0.15) is 12.0 Å². The molecule has 0 unspecified atom stereocenters. The van der Waals surface area contributed by atoms with Gasteiger partial charge in [0.1, 0.15) is 0 Å². The predicted molar refractivity (Wildman–Crippen MR) is 78.0 cm³/mol. The van der Waals surface area contributed by atoms with Gasteiger partial charge in [0.15, 0.2) is 10.5 Å². The Balaban J connectivity index is 2.18. The maximum Gasteiger partial charge on any atom is 0.244 e. The van der Waals surface area contributed by atoms with E-state index in [4.69, 9.17) is 17.0 Å². The molecule has 0 atom stereocenters. The quantitative estimate of drug-likeness (QED) is 0.622. The predicted octanol–water partition coefficient (Wildman–Crippen LogP) is 0.783. The minimum Gasteiger partial charge on any atom is -0.383 e. The van der Waals surface area contributed by atoms with Crippen LogP contribution in [0.3, 0.4) is 0 Å². The number of nitrogens with one attached hydrogen (secondary N) is 2. The molecule has 0 aliphatic carbocycles. The Morgan fingerprint density at radius 2 is 1.75 bits per heavy atom. The monoisotopic (exact) mass is 292 g/mol. The topological polar surface area (TPSA) is 67.4 Å². The van der Waals surface area contributed by atoms with E-state index >= 15 is 0 Å². The minimum atomic E-state index is -1.23. The van der Waals surface area contributed by atoms with Crippen molar-refractivity contribution in [1.29, 1.82) is 0 Å². The summed E-state index contributed by atoms with van der Waals surface area (Å²) < 4.78 is 5.08. The molecule has 2 amide bonds. The Labute approximate surface area is 122 Å². The maximum atomic E-state index is 12.2. The molecule has 20 heavy (non-hydrogen) atoms. The number of benzene rings is 1. The zero-order valence-corrected chi connectivity index (χ0v) is 12.0. The Hall–Kier alpha value is -1.79. The fourth-order valence-corrected chi connectivity index (χ4v) is 2.44. The van der Waals surface area contributed by atoms with E-state index in [2.05, 4.69) is 10.6 Å². The number of amides is 2. The van der Waals surface area contributed by atoms with Gasteiger partial charge in [-0.25, -0.2) is 0 Å². The van der Waals surface area contributed by atoms with Crippen molar-refractivity contribution >= 4 is 29.1 Å². The molecule has 0 radical (unpaired) electrons. The van der Waals surface area contributed by atoms with Gasteiger partial charge in [0.05, 0.1) is 6.61 Å². The van der Waals surface area contributed by atoms with Gasteiger partial charge in [0.2, 0.25) is 11.8 Å². The first-order valence-corrected chi connectivity index (χ1v) is 6.69. The Morgan fingerprint density at radius 3 is 2.30 bits per heavy atom. The van der Waals surface area contributed by atoms with Gasteiger partial charge in [-0.1, -0.05) is 30.3 Å². The molecule has 1 saturated heterocycles. The third-order valence-corrected chi connectivity index (χ3v) is 3.60. The van der Waals surface area contributed by atoms with Crippen molar-refractivity contribution in [3.63, 3.8) is 0 Å². The molecule has 2 rings (SSSR count). The highest BCUT2D eigenvalue weighted by Crippen LogP contribution is 2.27. The fourth-order valence-electron chi connectivity index (χ4n) is 2.26. The highest BCUT2D eigenvalue weighted by molar-refractivity contribution is 7.80. The van der Waals surface area contributed by atoms with Crippen LogP contribution in [-0.4, -0.2) is 30.6 Å². The average Bonchev–Trinajstić information content (AvgIpc) is 2.43. The van der Waals surface area contributed by atoms with Gasteiger partial charge in [-0.3, -0.25) is 9.59 Å². The molecule has 0 saturated carbocycles. The third-order valence-electron chi connectivity index (χ3n) is 3.40. The first-order valence-electron chi connectivity index (χ1n) is 6.28. The zero-order valence-electron chi connectivity index (χ0n) is 11.1. The lowest BCUT2D eigenvalue weighted by Crippen LogP contribution is -2.64. The van der Waals surface area contributed by atoms with Gasteiger partial charge in [0, 0.05) is 7.11 Å². The molecule has 1 aliphatic rings. The molecule has 1 aromatic carbocycles. The van der Waals surface area contributed by atoms with Crippen LogP contribution in [0.15, 0.2) is 30.3 Å². The number of rotatable bonds is 5.